The molecule has 1 aromatic heterocycles. The maximum Gasteiger partial charge on any atom is 0.133 e. The molecule has 90 valence electrons. The van der Waals surface area contributed by atoms with Gasteiger partial charge in [-0.05, 0) is 36.4 Å². The summed E-state index contributed by atoms with van der Waals surface area (Å²) < 4.78 is 27.5. The predicted octanol–water partition coefficient (Wildman–Crippen LogP) is 3.82. The van der Waals surface area contributed by atoms with Crippen LogP contribution in [0.3, 0.4) is 0 Å². The van der Waals surface area contributed by atoms with E-state index in [1.165, 1.54) is 41.7 Å². The lowest BCUT2D eigenvalue weighted by atomic mass is 10.2. The molecule has 0 aliphatic rings. The zero-order valence-corrected chi connectivity index (χ0v) is 9.97. The summed E-state index contributed by atoms with van der Waals surface area (Å²) in [6.07, 6.45) is 0. The Morgan fingerprint density at radius 2 is 1.89 bits per heavy atom. The second-order valence-corrected chi connectivity index (χ2v) is 4.90. The molecule has 5 heteroatoms. The number of anilines is 1. The van der Waals surface area contributed by atoms with E-state index in [4.69, 9.17) is 5.73 Å². The van der Waals surface area contributed by atoms with Crippen molar-refractivity contribution in [2.45, 2.75) is 0 Å². The number of nitrogens with two attached hydrogens (primary N) is 1. The monoisotopic (exact) mass is 262 g/mol. The Hall–Kier alpha value is -2.01. The Morgan fingerprint density at radius 3 is 2.72 bits per heavy atom. The molecule has 3 rings (SSSR count). The molecule has 18 heavy (non-hydrogen) atoms. The van der Waals surface area contributed by atoms with Crippen LogP contribution in [0, 0.1) is 11.6 Å². The third-order valence-electron chi connectivity index (χ3n) is 2.57. The topological polar surface area (TPSA) is 38.9 Å². The fourth-order valence-corrected chi connectivity index (χ4v) is 2.73. The molecule has 0 spiro atoms. The van der Waals surface area contributed by atoms with Gasteiger partial charge >= 0.3 is 0 Å². The first kappa shape index (κ1) is 11.1. The lowest BCUT2D eigenvalue weighted by Crippen LogP contribution is -1.88. The van der Waals surface area contributed by atoms with Gasteiger partial charge in [-0.1, -0.05) is 0 Å². The van der Waals surface area contributed by atoms with Crippen molar-refractivity contribution in [3.05, 3.63) is 48.0 Å². The van der Waals surface area contributed by atoms with E-state index in [9.17, 15) is 8.78 Å². The van der Waals surface area contributed by atoms with E-state index < -0.39 is 0 Å². The molecule has 0 radical (unpaired) electrons. The van der Waals surface area contributed by atoms with Gasteiger partial charge in [-0.2, -0.15) is 0 Å². The molecule has 3 aromatic rings. The van der Waals surface area contributed by atoms with E-state index in [-0.39, 0.29) is 11.6 Å². The first-order valence-corrected chi connectivity index (χ1v) is 6.06. The average Bonchev–Trinajstić information content (AvgIpc) is 2.74. The standard InChI is InChI=1S/C13H8F2N2S/c14-7-1-4-11-12(5-7)18-13(17-11)9-6-8(16)2-3-10(9)15/h1-6H,16H2. The summed E-state index contributed by atoms with van der Waals surface area (Å²) in [6.45, 7) is 0. The van der Waals surface area contributed by atoms with E-state index in [0.717, 1.165) is 0 Å². The van der Waals surface area contributed by atoms with E-state index in [1.54, 1.807) is 6.07 Å². The molecule has 1 heterocycles. The summed E-state index contributed by atoms with van der Waals surface area (Å²) >= 11 is 1.24. The van der Waals surface area contributed by atoms with Crippen LogP contribution in [0.2, 0.25) is 0 Å². The fraction of sp³-hybridized carbons (Fsp3) is 0. The Morgan fingerprint density at radius 1 is 1.06 bits per heavy atom. The number of hydrogen-bond donors (Lipinski definition) is 1. The Balaban J connectivity index is 2.22. The summed E-state index contributed by atoms with van der Waals surface area (Å²) in [5.74, 6) is -0.713. The Labute approximate surface area is 106 Å². The van der Waals surface area contributed by atoms with Crippen LogP contribution in [-0.4, -0.2) is 4.98 Å². The van der Waals surface area contributed by atoms with Crippen molar-refractivity contribution in [3.63, 3.8) is 0 Å². The van der Waals surface area contributed by atoms with E-state index in [2.05, 4.69) is 4.98 Å². The van der Waals surface area contributed by atoms with Crippen LogP contribution in [0.1, 0.15) is 0 Å². The van der Waals surface area contributed by atoms with E-state index in [1.807, 2.05) is 0 Å². The molecule has 0 aliphatic carbocycles. The molecule has 0 atom stereocenters. The SMILES string of the molecule is Nc1ccc(F)c(-c2nc3ccc(F)cc3s2)c1. The van der Waals surface area contributed by atoms with Gasteiger partial charge in [0, 0.05) is 11.3 Å². The van der Waals surface area contributed by atoms with Crippen LogP contribution < -0.4 is 5.73 Å². The third-order valence-corrected chi connectivity index (χ3v) is 3.62. The quantitative estimate of drug-likeness (QED) is 0.677. The van der Waals surface area contributed by atoms with Gasteiger partial charge in [0.1, 0.15) is 16.6 Å². The van der Waals surface area contributed by atoms with Crippen molar-refractivity contribution in [1.29, 1.82) is 0 Å². The smallest absolute Gasteiger partial charge is 0.133 e. The number of hydrogen-bond acceptors (Lipinski definition) is 3. The fourth-order valence-electron chi connectivity index (χ4n) is 1.72. The zero-order chi connectivity index (χ0) is 12.7. The van der Waals surface area contributed by atoms with Crippen LogP contribution in [0.15, 0.2) is 36.4 Å². The molecule has 0 unspecified atom stereocenters. The van der Waals surface area contributed by atoms with Crippen molar-refractivity contribution < 1.29 is 8.78 Å². The number of rotatable bonds is 1. The minimum Gasteiger partial charge on any atom is -0.399 e. The normalized spacial score (nSPS) is 11.0. The van der Waals surface area contributed by atoms with Gasteiger partial charge in [0.2, 0.25) is 0 Å². The molecule has 0 bridgehead atoms. The molecule has 0 saturated carbocycles. The van der Waals surface area contributed by atoms with Crippen molar-refractivity contribution in [2.24, 2.45) is 0 Å². The number of aromatic nitrogens is 1. The zero-order valence-electron chi connectivity index (χ0n) is 9.15. The highest BCUT2D eigenvalue weighted by molar-refractivity contribution is 7.21. The minimum atomic E-state index is -0.385. The number of nitrogen functional groups attached to an aromatic ring is 1. The van der Waals surface area contributed by atoms with Gasteiger partial charge in [0.25, 0.3) is 0 Å². The molecule has 0 fully saturated rings. The Bertz CT molecular complexity index is 737. The summed E-state index contributed by atoms with van der Waals surface area (Å²) in [5, 5.41) is 0.500. The lowest BCUT2D eigenvalue weighted by Gasteiger charge is -1.99. The highest BCUT2D eigenvalue weighted by atomic mass is 32.1. The highest BCUT2D eigenvalue weighted by Crippen LogP contribution is 2.32. The summed E-state index contributed by atoms with van der Waals surface area (Å²) in [5.41, 5.74) is 7.10. The van der Waals surface area contributed by atoms with Gasteiger partial charge in [0.05, 0.1) is 10.2 Å². The summed E-state index contributed by atoms with van der Waals surface area (Å²) in [7, 11) is 0. The second-order valence-electron chi connectivity index (χ2n) is 3.87. The van der Waals surface area contributed by atoms with Crippen LogP contribution in [-0.2, 0) is 0 Å². The van der Waals surface area contributed by atoms with Crippen molar-refractivity contribution in [1.82, 2.24) is 4.98 Å². The minimum absolute atomic E-state index is 0.328. The number of halogens is 2. The van der Waals surface area contributed by atoms with Gasteiger partial charge in [-0.3, -0.25) is 0 Å². The maximum absolute atomic E-state index is 13.7. The first-order chi connectivity index (χ1) is 8.63. The molecular formula is C13H8F2N2S. The number of nitrogens with zero attached hydrogens (tertiary/aromatic N) is 1. The Kier molecular flexibility index (Phi) is 2.48. The molecule has 2 N–H and O–H groups in total. The maximum atomic E-state index is 13.7. The molecule has 2 aromatic carbocycles. The number of fused-ring (bicyclic) bond motifs is 1. The highest BCUT2D eigenvalue weighted by Gasteiger charge is 2.11. The van der Waals surface area contributed by atoms with Gasteiger partial charge < -0.3 is 5.73 Å². The van der Waals surface area contributed by atoms with Crippen molar-refractivity contribution >= 4 is 27.2 Å². The van der Waals surface area contributed by atoms with Crippen LogP contribution in [0.4, 0.5) is 14.5 Å². The molecular weight excluding hydrogens is 254 g/mol. The molecule has 0 aliphatic heterocycles. The van der Waals surface area contributed by atoms with Crippen molar-refractivity contribution in [3.8, 4) is 10.6 Å². The summed E-state index contributed by atoms with van der Waals surface area (Å²) in [4.78, 5) is 4.28. The molecule has 2 nitrogen and oxygen atoms in total. The molecule has 0 saturated heterocycles. The van der Waals surface area contributed by atoms with Crippen LogP contribution in [0.25, 0.3) is 20.8 Å². The van der Waals surface area contributed by atoms with Crippen molar-refractivity contribution in [2.75, 3.05) is 5.73 Å². The van der Waals surface area contributed by atoms with Gasteiger partial charge in [-0.25, -0.2) is 13.8 Å². The second kappa shape index (κ2) is 4.03. The first-order valence-electron chi connectivity index (χ1n) is 5.25. The largest absolute Gasteiger partial charge is 0.399 e. The predicted molar refractivity (Wildman–Crippen MR) is 69.4 cm³/mol. The van der Waals surface area contributed by atoms with Crippen LogP contribution >= 0.6 is 11.3 Å². The number of benzene rings is 2. The number of thiazole rings is 1. The van der Waals surface area contributed by atoms with Crippen LogP contribution in [0.5, 0.6) is 0 Å². The van der Waals surface area contributed by atoms with Gasteiger partial charge in [-0.15, -0.1) is 11.3 Å². The average molecular weight is 262 g/mol. The third kappa shape index (κ3) is 1.82. The summed E-state index contributed by atoms with van der Waals surface area (Å²) in [6, 6.07) is 8.63. The van der Waals surface area contributed by atoms with E-state index in [0.29, 0.717) is 26.5 Å². The van der Waals surface area contributed by atoms with Gasteiger partial charge in [0.15, 0.2) is 0 Å². The van der Waals surface area contributed by atoms with E-state index >= 15 is 0 Å². The molecule has 0 amide bonds. The lowest BCUT2D eigenvalue weighted by molar-refractivity contribution is 0.629.